The molecule has 0 atom stereocenters. The van der Waals surface area contributed by atoms with Gasteiger partial charge in [-0.3, -0.25) is 4.79 Å². The average Bonchev–Trinajstić information content (AvgIpc) is 3.00. The first-order chi connectivity index (χ1) is 11.4. The van der Waals surface area contributed by atoms with Crippen LogP contribution in [-0.2, 0) is 10.2 Å². The molecule has 0 saturated carbocycles. The number of carbonyl (C=O) groups excluding carboxylic acids is 1. The van der Waals surface area contributed by atoms with Gasteiger partial charge in [0.2, 0.25) is 12.7 Å². The molecule has 1 aliphatic heterocycles. The van der Waals surface area contributed by atoms with Crippen LogP contribution in [0.1, 0.15) is 31.9 Å². The quantitative estimate of drug-likeness (QED) is 0.854. The minimum atomic E-state index is -0.186. The highest BCUT2D eigenvalue weighted by molar-refractivity contribution is 6.02. The van der Waals surface area contributed by atoms with Gasteiger partial charge in [0.05, 0.1) is 0 Å². The number of ether oxygens (including phenoxy) is 2. The Kier molecular flexibility index (Phi) is 4.30. The lowest BCUT2D eigenvalue weighted by atomic mass is 9.87. The van der Waals surface area contributed by atoms with Crippen LogP contribution < -0.4 is 14.8 Å². The van der Waals surface area contributed by atoms with Gasteiger partial charge in [-0.2, -0.15) is 0 Å². The molecular formula is C20H21NO3. The van der Waals surface area contributed by atoms with Gasteiger partial charge in [0.15, 0.2) is 11.5 Å². The molecule has 0 radical (unpaired) electrons. The molecule has 2 aromatic rings. The molecule has 3 rings (SSSR count). The molecule has 0 aliphatic carbocycles. The summed E-state index contributed by atoms with van der Waals surface area (Å²) < 4.78 is 10.5. The Balaban J connectivity index is 1.63. The minimum absolute atomic E-state index is 0.124. The standard InChI is InChI=1S/C20H21NO3/c1-20(2,3)15-7-4-14(5-8-15)6-11-19(22)21-16-9-10-17-18(12-16)24-13-23-17/h4-12H,13H2,1-3H3,(H,21,22)/b11-6+. The van der Waals surface area contributed by atoms with Crippen LogP contribution in [0.15, 0.2) is 48.5 Å². The van der Waals surface area contributed by atoms with Crippen molar-refractivity contribution < 1.29 is 14.3 Å². The van der Waals surface area contributed by atoms with Crippen LogP contribution >= 0.6 is 0 Å². The van der Waals surface area contributed by atoms with Crippen LogP contribution in [0.3, 0.4) is 0 Å². The lowest BCUT2D eigenvalue weighted by Crippen LogP contribution is -2.10. The fourth-order valence-electron chi connectivity index (χ4n) is 2.42. The monoisotopic (exact) mass is 323 g/mol. The number of carbonyl (C=O) groups is 1. The fourth-order valence-corrected chi connectivity index (χ4v) is 2.42. The van der Waals surface area contributed by atoms with E-state index in [1.165, 1.54) is 11.6 Å². The summed E-state index contributed by atoms with van der Waals surface area (Å²) in [4.78, 5) is 12.0. The number of nitrogens with one attached hydrogen (secondary N) is 1. The van der Waals surface area contributed by atoms with Crippen molar-refractivity contribution in [3.63, 3.8) is 0 Å². The third kappa shape index (κ3) is 3.77. The SMILES string of the molecule is CC(C)(C)c1ccc(/C=C/C(=O)Nc2ccc3c(c2)OCO3)cc1. The Bertz CT molecular complexity index is 770. The van der Waals surface area contributed by atoms with Crippen molar-refractivity contribution in [2.75, 3.05) is 12.1 Å². The van der Waals surface area contributed by atoms with E-state index >= 15 is 0 Å². The molecule has 0 fully saturated rings. The van der Waals surface area contributed by atoms with E-state index in [1.807, 2.05) is 12.1 Å². The highest BCUT2D eigenvalue weighted by atomic mass is 16.7. The predicted octanol–water partition coefficient (Wildman–Crippen LogP) is 4.36. The molecule has 0 spiro atoms. The normalized spacial score (nSPS) is 13.3. The summed E-state index contributed by atoms with van der Waals surface area (Å²) in [5, 5.41) is 2.82. The summed E-state index contributed by atoms with van der Waals surface area (Å²) in [5.41, 5.74) is 3.06. The minimum Gasteiger partial charge on any atom is -0.454 e. The second-order valence-corrected chi connectivity index (χ2v) is 6.76. The summed E-state index contributed by atoms with van der Waals surface area (Å²) >= 11 is 0. The number of hydrogen-bond donors (Lipinski definition) is 1. The zero-order valence-corrected chi connectivity index (χ0v) is 14.1. The van der Waals surface area contributed by atoms with E-state index in [1.54, 1.807) is 24.3 Å². The zero-order chi connectivity index (χ0) is 17.2. The third-order valence-corrected chi connectivity index (χ3v) is 3.84. The Morgan fingerprint density at radius 3 is 2.46 bits per heavy atom. The maximum absolute atomic E-state index is 12.0. The molecule has 24 heavy (non-hydrogen) atoms. The van der Waals surface area contributed by atoms with Crippen molar-refractivity contribution in [2.24, 2.45) is 0 Å². The van der Waals surface area contributed by atoms with Gasteiger partial charge in [-0.1, -0.05) is 45.0 Å². The van der Waals surface area contributed by atoms with Crippen LogP contribution in [0.25, 0.3) is 6.08 Å². The van der Waals surface area contributed by atoms with E-state index in [9.17, 15) is 4.79 Å². The Labute approximate surface area is 142 Å². The Morgan fingerprint density at radius 1 is 1.04 bits per heavy atom. The molecule has 0 saturated heterocycles. The molecule has 1 N–H and O–H groups in total. The average molecular weight is 323 g/mol. The predicted molar refractivity (Wildman–Crippen MR) is 95.4 cm³/mol. The summed E-state index contributed by atoms with van der Waals surface area (Å²) in [5.74, 6) is 1.16. The molecule has 0 unspecified atom stereocenters. The molecule has 124 valence electrons. The molecule has 4 nitrogen and oxygen atoms in total. The first kappa shape index (κ1) is 16.1. The number of benzene rings is 2. The Morgan fingerprint density at radius 2 is 1.75 bits per heavy atom. The summed E-state index contributed by atoms with van der Waals surface area (Å²) in [6.45, 7) is 6.75. The fraction of sp³-hybridized carbons (Fsp3) is 0.250. The van der Waals surface area contributed by atoms with Gasteiger partial charge in [-0.15, -0.1) is 0 Å². The number of rotatable bonds is 3. The van der Waals surface area contributed by atoms with Crippen LogP contribution in [0.2, 0.25) is 0 Å². The second kappa shape index (κ2) is 6.40. The lowest BCUT2D eigenvalue weighted by Gasteiger charge is -2.18. The van der Waals surface area contributed by atoms with Crippen molar-refractivity contribution in [1.82, 2.24) is 0 Å². The summed E-state index contributed by atoms with van der Waals surface area (Å²) in [6, 6.07) is 13.6. The van der Waals surface area contributed by atoms with Crippen LogP contribution in [0, 0.1) is 0 Å². The number of anilines is 1. The van der Waals surface area contributed by atoms with Crippen LogP contribution in [-0.4, -0.2) is 12.7 Å². The van der Waals surface area contributed by atoms with Gasteiger partial charge in [0, 0.05) is 17.8 Å². The number of fused-ring (bicyclic) bond motifs is 1. The largest absolute Gasteiger partial charge is 0.454 e. The van der Waals surface area contributed by atoms with E-state index in [2.05, 4.69) is 38.2 Å². The van der Waals surface area contributed by atoms with Gasteiger partial charge < -0.3 is 14.8 Å². The van der Waals surface area contributed by atoms with Crippen LogP contribution in [0.4, 0.5) is 5.69 Å². The van der Waals surface area contributed by atoms with E-state index in [4.69, 9.17) is 9.47 Å². The van der Waals surface area contributed by atoms with Crippen molar-refractivity contribution in [2.45, 2.75) is 26.2 Å². The van der Waals surface area contributed by atoms with Crippen LogP contribution in [0.5, 0.6) is 11.5 Å². The van der Waals surface area contributed by atoms with Gasteiger partial charge in [-0.25, -0.2) is 0 Å². The summed E-state index contributed by atoms with van der Waals surface area (Å²) in [7, 11) is 0. The molecular weight excluding hydrogens is 302 g/mol. The molecule has 1 heterocycles. The zero-order valence-electron chi connectivity index (χ0n) is 14.1. The maximum atomic E-state index is 12.0. The third-order valence-electron chi connectivity index (χ3n) is 3.84. The molecule has 0 bridgehead atoms. The van der Waals surface area contributed by atoms with Crippen molar-refractivity contribution in [1.29, 1.82) is 0 Å². The number of hydrogen-bond acceptors (Lipinski definition) is 3. The number of amides is 1. The van der Waals surface area contributed by atoms with E-state index in [0.717, 1.165) is 5.56 Å². The van der Waals surface area contributed by atoms with Crippen molar-refractivity contribution in [3.8, 4) is 11.5 Å². The van der Waals surface area contributed by atoms with Gasteiger partial charge in [0.25, 0.3) is 0 Å². The van der Waals surface area contributed by atoms with Gasteiger partial charge >= 0.3 is 0 Å². The van der Waals surface area contributed by atoms with E-state index < -0.39 is 0 Å². The highest BCUT2D eigenvalue weighted by Crippen LogP contribution is 2.34. The molecule has 0 aromatic heterocycles. The maximum Gasteiger partial charge on any atom is 0.248 e. The van der Waals surface area contributed by atoms with E-state index in [0.29, 0.717) is 17.2 Å². The molecule has 2 aromatic carbocycles. The van der Waals surface area contributed by atoms with Crippen molar-refractivity contribution >= 4 is 17.7 Å². The molecule has 1 amide bonds. The topological polar surface area (TPSA) is 47.6 Å². The second-order valence-electron chi connectivity index (χ2n) is 6.76. The Hall–Kier alpha value is -2.75. The van der Waals surface area contributed by atoms with Gasteiger partial charge in [-0.05, 0) is 34.8 Å². The smallest absolute Gasteiger partial charge is 0.248 e. The highest BCUT2D eigenvalue weighted by Gasteiger charge is 2.14. The van der Waals surface area contributed by atoms with Gasteiger partial charge in [0.1, 0.15) is 0 Å². The first-order valence-electron chi connectivity index (χ1n) is 7.91. The molecule has 1 aliphatic rings. The summed E-state index contributed by atoms with van der Waals surface area (Å²) in [6.07, 6.45) is 3.32. The van der Waals surface area contributed by atoms with Crippen molar-refractivity contribution in [3.05, 3.63) is 59.7 Å². The lowest BCUT2D eigenvalue weighted by molar-refractivity contribution is -0.111. The molecule has 4 heteroatoms. The van der Waals surface area contributed by atoms with E-state index in [-0.39, 0.29) is 18.1 Å². The first-order valence-corrected chi connectivity index (χ1v) is 7.91.